The predicted octanol–water partition coefficient (Wildman–Crippen LogP) is 3.89. The lowest BCUT2D eigenvalue weighted by atomic mass is 10.0. The number of amidine groups is 1. The van der Waals surface area contributed by atoms with Crippen LogP contribution in [0.5, 0.6) is 0 Å². The molecule has 0 saturated carbocycles. The van der Waals surface area contributed by atoms with Gasteiger partial charge in [0.2, 0.25) is 0 Å². The summed E-state index contributed by atoms with van der Waals surface area (Å²) in [5, 5.41) is 0. The molecule has 0 spiro atoms. The molecule has 3 heteroatoms. The molecule has 0 aliphatic rings. The second-order valence-electron chi connectivity index (χ2n) is 4.10. The maximum atomic E-state index is 5.64. The third-order valence-electron chi connectivity index (χ3n) is 2.71. The smallest absolute Gasteiger partial charge is 0.115 e. The van der Waals surface area contributed by atoms with Crippen LogP contribution in [0, 0.1) is 6.92 Å². The van der Waals surface area contributed by atoms with Crippen molar-refractivity contribution in [1.82, 2.24) is 0 Å². The Balaban J connectivity index is 2.42. The third kappa shape index (κ3) is 2.90. The summed E-state index contributed by atoms with van der Waals surface area (Å²) in [6.45, 7) is 2.10. The van der Waals surface area contributed by atoms with Crippen molar-refractivity contribution in [1.29, 1.82) is 0 Å². The van der Waals surface area contributed by atoms with Crippen LogP contribution in [-0.4, -0.2) is 11.7 Å². The van der Waals surface area contributed by atoms with E-state index in [0.717, 1.165) is 11.3 Å². The monoisotopic (exact) mass is 258 g/mol. The van der Waals surface area contributed by atoms with Crippen LogP contribution in [-0.2, 0) is 0 Å². The average molecular weight is 259 g/mol. The highest BCUT2D eigenvalue weighted by atomic mass is 35.5. The Labute approximate surface area is 112 Å². The molecule has 0 radical (unpaired) electrons. The fourth-order valence-electron chi connectivity index (χ4n) is 1.84. The van der Waals surface area contributed by atoms with E-state index in [0.29, 0.717) is 5.84 Å². The largest absolute Gasteiger partial charge is 0.386 e. The molecule has 0 atom stereocenters. The SMILES string of the molecule is Cc1ccccc1-c1cccc(N=C(N)CCl)c1. The van der Waals surface area contributed by atoms with Crippen molar-refractivity contribution in [2.75, 3.05) is 5.88 Å². The molecule has 0 heterocycles. The van der Waals surface area contributed by atoms with Gasteiger partial charge in [0.15, 0.2) is 0 Å². The van der Waals surface area contributed by atoms with Gasteiger partial charge in [-0.1, -0.05) is 36.4 Å². The molecule has 0 saturated heterocycles. The molecule has 2 N–H and O–H groups in total. The molecule has 0 aliphatic heterocycles. The van der Waals surface area contributed by atoms with Gasteiger partial charge < -0.3 is 5.73 Å². The summed E-state index contributed by atoms with van der Waals surface area (Å²) in [6, 6.07) is 16.2. The molecule has 0 fully saturated rings. The molecule has 2 aromatic rings. The number of aryl methyl sites for hydroxylation is 1. The molecule has 0 aliphatic carbocycles. The second kappa shape index (κ2) is 5.69. The van der Waals surface area contributed by atoms with Gasteiger partial charge in [0.1, 0.15) is 5.84 Å². The van der Waals surface area contributed by atoms with E-state index in [4.69, 9.17) is 17.3 Å². The molecular formula is C15H15ClN2. The van der Waals surface area contributed by atoms with Gasteiger partial charge >= 0.3 is 0 Å². The van der Waals surface area contributed by atoms with Crippen LogP contribution in [0.15, 0.2) is 53.5 Å². The van der Waals surface area contributed by atoms with Crippen molar-refractivity contribution in [2.24, 2.45) is 10.7 Å². The van der Waals surface area contributed by atoms with Gasteiger partial charge in [-0.05, 0) is 35.7 Å². The van der Waals surface area contributed by atoms with E-state index in [1.54, 1.807) is 0 Å². The van der Waals surface area contributed by atoms with Gasteiger partial charge in [0.25, 0.3) is 0 Å². The van der Waals surface area contributed by atoms with Crippen LogP contribution in [0.3, 0.4) is 0 Å². The van der Waals surface area contributed by atoms with E-state index in [1.165, 1.54) is 11.1 Å². The molecule has 0 aromatic heterocycles. The van der Waals surface area contributed by atoms with Gasteiger partial charge in [-0.15, -0.1) is 11.6 Å². The highest BCUT2D eigenvalue weighted by Gasteiger charge is 2.01. The number of alkyl halides is 1. The molecule has 92 valence electrons. The topological polar surface area (TPSA) is 38.4 Å². The van der Waals surface area contributed by atoms with Crippen molar-refractivity contribution in [3.8, 4) is 11.1 Å². The van der Waals surface area contributed by atoms with E-state index in [1.807, 2.05) is 30.3 Å². The summed E-state index contributed by atoms with van der Waals surface area (Å²) < 4.78 is 0. The van der Waals surface area contributed by atoms with Gasteiger partial charge in [-0.3, -0.25) is 0 Å². The maximum Gasteiger partial charge on any atom is 0.115 e. The summed E-state index contributed by atoms with van der Waals surface area (Å²) in [6.07, 6.45) is 0. The van der Waals surface area contributed by atoms with Crippen LogP contribution in [0.4, 0.5) is 5.69 Å². The number of benzene rings is 2. The number of hydrogen-bond donors (Lipinski definition) is 1. The van der Waals surface area contributed by atoms with Crippen LogP contribution in [0.25, 0.3) is 11.1 Å². The van der Waals surface area contributed by atoms with Crippen molar-refractivity contribution >= 4 is 23.1 Å². The zero-order valence-electron chi connectivity index (χ0n) is 10.2. The summed E-state index contributed by atoms with van der Waals surface area (Å²) in [4.78, 5) is 4.26. The van der Waals surface area contributed by atoms with E-state index in [-0.39, 0.29) is 5.88 Å². The lowest BCUT2D eigenvalue weighted by Crippen LogP contribution is -2.12. The van der Waals surface area contributed by atoms with E-state index < -0.39 is 0 Å². The first kappa shape index (κ1) is 12.7. The molecule has 2 rings (SSSR count). The van der Waals surface area contributed by atoms with Gasteiger partial charge in [0, 0.05) is 0 Å². The zero-order valence-corrected chi connectivity index (χ0v) is 11.0. The van der Waals surface area contributed by atoms with Crippen molar-refractivity contribution in [2.45, 2.75) is 6.92 Å². The Kier molecular flexibility index (Phi) is 4.00. The maximum absolute atomic E-state index is 5.64. The normalized spacial score (nSPS) is 11.6. The summed E-state index contributed by atoms with van der Waals surface area (Å²) in [5.41, 5.74) is 10.1. The fourth-order valence-corrected chi connectivity index (χ4v) is 1.90. The Morgan fingerprint density at radius 3 is 2.67 bits per heavy atom. The molecule has 2 aromatic carbocycles. The molecule has 18 heavy (non-hydrogen) atoms. The first-order valence-corrected chi connectivity index (χ1v) is 6.29. The van der Waals surface area contributed by atoms with Gasteiger partial charge in [-0.25, -0.2) is 4.99 Å². The Morgan fingerprint density at radius 1 is 1.17 bits per heavy atom. The Hall–Kier alpha value is -1.80. The lowest BCUT2D eigenvalue weighted by Gasteiger charge is -2.06. The van der Waals surface area contributed by atoms with E-state index in [2.05, 4.69) is 30.1 Å². The minimum absolute atomic E-state index is 0.245. The number of halogens is 1. The second-order valence-corrected chi connectivity index (χ2v) is 4.37. The predicted molar refractivity (Wildman–Crippen MR) is 78.6 cm³/mol. The first-order valence-electron chi connectivity index (χ1n) is 5.76. The van der Waals surface area contributed by atoms with Crippen LogP contribution >= 0.6 is 11.6 Å². The number of rotatable bonds is 3. The number of nitrogens with two attached hydrogens (primary N) is 1. The molecule has 0 amide bonds. The Morgan fingerprint density at radius 2 is 1.94 bits per heavy atom. The van der Waals surface area contributed by atoms with Crippen molar-refractivity contribution in [3.05, 3.63) is 54.1 Å². The quantitative estimate of drug-likeness (QED) is 0.506. The minimum atomic E-state index is 0.245. The Bertz CT molecular complexity index is 576. The minimum Gasteiger partial charge on any atom is -0.386 e. The number of aliphatic imine (C=N–C) groups is 1. The zero-order chi connectivity index (χ0) is 13.0. The highest BCUT2D eigenvalue weighted by molar-refractivity contribution is 6.28. The van der Waals surface area contributed by atoms with Crippen LogP contribution in [0.1, 0.15) is 5.56 Å². The molecular weight excluding hydrogens is 244 g/mol. The van der Waals surface area contributed by atoms with E-state index in [9.17, 15) is 0 Å². The fraction of sp³-hybridized carbons (Fsp3) is 0.133. The van der Waals surface area contributed by atoms with Crippen LogP contribution < -0.4 is 5.73 Å². The van der Waals surface area contributed by atoms with Crippen molar-refractivity contribution < 1.29 is 0 Å². The molecule has 0 bridgehead atoms. The van der Waals surface area contributed by atoms with Gasteiger partial charge in [-0.2, -0.15) is 0 Å². The summed E-state index contributed by atoms with van der Waals surface area (Å²) in [5.74, 6) is 0.674. The highest BCUT2D eigenvalue weighted by Crippen LogP contribution is 2.26. The lowest BCUT2D eigenvalue weighted by molar-refractivity contribution is 1.43. The standard InChI is InChI=1S/C15H15ClN2/c1-11-5-2-3-8-14(11)12-6-4-7-13(9-12)18-15(17)10-16/h2-9H,10H2,1H3,(H2,17,18). The number of nitrogens with zero attached hydrogens (tertiary/aromatic N) is 1. The third-order valence-corrected chi connectivity index (χ3v) is 2.99. The molecule has 2 nitrogen and oxygen atoms in total. The first-order chi connectivity index (χ1) is 8.70. The number of hydrogen-bond acceptors (Lipinski definition) is 1. The van der Waals surface area contributed by atoms with Gasteiger partial charge in [0.05, 0.1) is 11.6 Å². The van der Waals surface area contributed by atoms with Crippen LogP contribution in [0.2, 0.25) is 0 Å². The summed E-state index contributed by atoms with van der Waals surface area (Å²) >= 11 is 5.63. The summed E-state index contributed by atoms with van der Waals surface area (Å²) in [7, 11) is 0. The van der Waals surface area contributed by atoms with Crippen molar-refractivity contribution in [3.63, 3.8) is 0 Å². The molecule has 0 unspecified atom stereocenters. The van der Waals surface area contributed by atoms with E-state index >= 15 is 0 Å². The average Bonchev–Trinajstić information content (AvgIpc) is 2.39.